The summed E-state index contributed by atoms with van der Waals surface area (Å²) < 4.78 is 10.8. The first-order valence-electron chi connectivity index (χ1n) is 8.79. The Labute approximate surface area is 154 Å². The summed E-state index contributed by atoms with van der Waals surface area (Å²) in [5.41, 5.74) is 10.4. The van der Waals surface area contributed by atoms with Gasteiger partial charge in [0.15, 0.2) is 11.5 Å². The normalized spacial score (nSPS) is 13.8. The van der Waals surface area contributed by atoms with E-state index in [9.17, 15) is 5.26 Å². The zero-order valence-electron chi connectivity index (χ0n) is 15.5. The zero-order chi connectivity index (χ0) is 18.7. The van der Waals surface area contributed by atoms with Crippen LogP contribution in [-0.2, 0) is 13.0 Å². The summed E-state index contributed by atoms with van der Waals surface area (Å²) in [6, 6.07) is 7.94. The Kier molecular flexibility index (Phi) is 5.29. The van der Waals surface area contributed by atoms with Gasteiger partial charge in [-0.25, -0.2) is 4.98 Å². The lowest BCUT2D eigenvalue weighted by molar-refractivity contribution is 0.253. The second-order valence-electron chi connectivity index (χ2n) is 6.38. The van der Waals surface area contributed by atoms with Crippen LogP contribution in [0.25, 0.3) is 11.1 Å². The van der Waals surface area contributed by atoms with Gasteiger partial charge in [0.2, 0.25) is 0 Å². The van der Waals surface area contributed by atoms with Gasteiger partial charge in [0.25, 0.3) is 0 Å². The van der Waals surface area contributed by atoms with Gasteiger partial charge in [0.1, 0.15) is 17.5 Å². The molecule has 0 saturated carbocycles. The zero-order valence-corrected chi connectivity index (χ0v) is 15.5. The summed E-state index contributed by atoms with van der Waals surface area (Å²) >= 11 is 0. The SMILES string of the molecule is CCCN1CCc2nc(N)c(C#N)c(-c3ccc(OC)c(OC)c3)c2C1. The standard InChI is InChI=1S/C20H24N4O2/c1-4-8-24-9-7-16-15(12-24)19(14(11-21)20(22)23-16)13-5-6-17(25-2)18(10-13)26-3/h5-6,10H,4,7-9,12H2,1-3H3,(H2,22,23). The largest absolute Gasteiger partial charge is 0.493 e. The molecule has 2 aromatic rings. The molecule has 0 unspecified atom stereocenters. The summed E-state index contributed by atoms with van der Waals surface area (Å²) in [6.45, 7) is 4.93. The van der Waals surface area contributed by atoms with E-state index in [1.54, 1.807) is 14.2 Å². The maximum atomic E-state index is 9.72. The van der Waals surface area contributed by atoms with Crippen molar-refractivity contribution in [3.8, 4) is 28.7 Å². The maximum Gasteiger partial charge on any atom is 0.161 e. The molecule has 1 aliphatic heterocycles. The number of anilines is 1. The van der Waals surface area contributed by atoms with Gasteiger partial charge in [-0.1, -0.05) is 13.0 Å². The van der Waals surface area contributed by atoms with Crippen LogP contribution in [0, 0.1) is 11.3 Å². The molecule has 1 aromatic carbocycles. The number of nitrogens with two attached hydrogens (primary N) is 1. The fraction of sp³-hybridized carbons (Fsp3) is 0.400. The Morgan fingerprint density at radius 1 is 1.27 bits per heavy atom. The molecule has 0 aliphatic carbocycles. The van der Waals surface area contributed by atoms with Crippen molar-refractivity contribution in [1.29, 1.82) is 5.26 Å². The Hall–Kier alpha value is -2.78. The number of aromatic nitrogens is 1. The van der Waals surface area contributed by atoms with E-state index in [0.29, 0.717) is 22.9 Å². The number of nitrogens with zero attached hydrogens (tertiary/aromatic N) is 3. The number of hydrogen-bond acceptors (Lipinski definition) is 6. The van der Waals surface area contributed by atoms with Crippen molar-refractivity contribution in [2.24, 2.45) is 0 Å². The molecule has 0 radical (unpaired) electrons. The molecular formula is C20H24N4O2. The monoisotopic (exact) mass is 352 g/mol. The molecule has 0 atom stereocenters. The Balaban J connectivity index is 2.20. The van der Waals surface area contributed by atoms with Crippen molar-refractivity contribution >= 4 is 5.82 Å². The van der Waals surface area contributed by atoms with Crippen LogP contribution in [0.5, 0.6) is 11.5 Å². The van der Waals surface area contributed by atoms with Crippen LogP contribution in [-0.4, -0.2) is 37.2 Å². The van der Waals surface area contributed by atoms with Gasteiger partial charge in [-0.05, 0) is 36.2 Å². The topological polar surface area (TPSA) is 84.4 Å². The minimum atomic E-state index is 0.292. The smallest absolute Gasteiger partial charge is 0.161 e. The highest BCUT2D eigenvalue weighted by Crippen LogP contribution is 2.39. The predicted molar refractivity (Wildman–Crippen MR) is 101 cm³/mol. The molecule has 136 valence electrons. The summed E-state index contributed by atoms with van der Waals surface area (Å²) in [4.78, 5) is 6.91. The summed E-state index contributed by atoms with van der Waals surface area (Å²) in [5, 5.41) is 9.72. The molecule has 0 fully saturated rings. The van der Waals surface area contributed by atoms with Gasteiger partial charge in [-0.2, -0.15) is 5.26 Å². The highest BCUT2D eigenvalue weighted by molar-refractivity contribution is 5.80. The molecule has 2 N–H and O–H groups in total. The minimum absolute atomic E-state index is 0.292. The van der Waals surface area contributed by atoms with Gasteiger partial charge in [-0.15, -0.1) is 0 Å². The Morgan fingerprint density at radius 2 is 2.04 bits per heavy atom. The molecule has 2 heterocycles. The third-order valence-corrected chi connectivity index (χ3v) is 4.78. The van der Waals surface area contributed by atoms with E-state index in [4.69, 9.17) is 15.2 Å². The summed E-state index contributed by atoms with van der Waals surface area (Å²) in [6.07, 6.45) is 1.93. The number of ether oxygens (including phenoxy) is 2. The molecule has 0 saturated heterocycles. The average Bonchev–Trinajstić information content (AvgIpc) is 2.66. The molecule has 6 nitrogen and oxygen atoms in total. The predicted octanol–water partition coefficient (Wildman–Crippen LogP) is 2.99. The number of rotatable bonds is 5. The van der Waals surface area contributed by atoms with Crippen LogP contribution in [0.1, 0.15) is 30.2 Å². The number of nitriles is 1. The third kappa shape index (κ3) is 3.18. The fourth-order valence-electron chi connectivity index (χ4n) is 3.57. The van der Waals surface area contributed by atoms with Gasteiger partial charge < -0.3 is 15.2 Å². The van der Waals surface area contributed by atoms with Crippen LogP contribution in [0.2, 0.25) is 0 Å². The van der Waals surface area contributed by atoms with E-state index in [0.717, 1.165) is 54.9 Å². The average molecular weight is 352 g/mol. The van der Waals surface area contributed by atoms with Crippen molar-refractivity contribution < 1.29 is 9.47 Å². The number of methoxy groups -OCH3 is 2. The summed E-state index contributed by atoms with van der Waals surface area (Å²) in [7, 11) is 3.21. The van der Waals surface area contributed by atoms with Crippen LogP contribution in [0.3, 0.4) is 0 Å². The Bertz CT molecular complexity index is 858. The number of hydrogen-bond donors (Lipinski definition) is 1. The molecule has 3 rings (SSSR count). The molecule has 6 heteroatoms. The van der Waals surface area contributed by atoms with Crippen molar-refractivity contribution in [3.63, 3.8) is 0 Å². The minimum Gasteiger partial charge on any atom is -0.493 e. The van der Waals surface area contributed by atoms with Crippen molar-refractivity contribution in [2.45, 2.75) is 26.3 Å². The molecule has 1 aromatic heterocycles. The molecule has 0 bridgehead atoms. The van der Waals surface area contributed by atoms with Gasteiger partial charge in [0.05, 0.1) is 14.2 Å². The fourth-order valence-corrected chi connectivity index (χ4v) is 3.57. The number of benzene rings is 1. The Morgan fingerprint density at radius 3 is 2.69 bits per heavy atom. The molecule has 1 aliphatic rings. The number of pyridine rings is 1. The number of fused-ring (bicyclic) bond motifs is 1. The molecule has 0 amide bonds. The van der Waals surface area contributed by atoms with Crippen LogP contribution in [0.15, 0.2) is 18.2 Å². The third-order valence-electron chi connectivity index (χ3n) is 4.78. The van der Waals surface area contributed by atoms with Gasteiger partial charge in [-0.3, -0.25) is 4.90 Å². The van der Waals surface area contributed by atoms with Crippen LogP contribution in [0.4, 0.5) is 5.82 Å². The first-order chi connectivity index (χ1) is 12.6. The number of nitrogen functional groups attached to an aromatic ring is 1. The van der Waals surface area contributed by atoms with E-state index >= 15 is 0 Å². The highest BCUT2D eigenvalue weighted by Gasteiger charge is 2.25. The van der Waals surface area contributed by atoms with Crippen LogP contribution < -0.4 is 15.2 Å². The lowest BCUT2D eigenvalue weighted by Gasteiger charge is -2.30. The van der Waals surface area contributed by atoms with Crippen molar-refractivity contribution in [3.05, 3.63) is 35.0 Å². The van der Waals surface area contributed by atoms with E-state index in [1.165, 1.54) is 0 Å². The van der Waals surface area contributed by atoms with E-state index < -0.39 is 0 Å². The van der Waals surface area contributed by atoms with Gasteiger partial charge >= 0.3 is 0 Å². The van der Waals surface area contributed by atoms with Gasteiger partial charge in [0, 0.05) is 30.8 Å². The van der Waals surface area contributed by atoms with Crippen molar-refractivity contribution in [1.82, 2.24) is 9.88 Å². The van der Waals surface area contributed by atoms with E-state index in [1.807, 2.05) is 18.2 Å². The van der Waals surface area contributed by atoms with E-state index in [2.05, 4.69) is 22.9 Å². The highest BCUT2D eigenvalue weighted by atomic mass is 16.5. The molecule has 0 spiro atoms. The quantitative estimate of drug-likeness (QED) is 0.890. The maximum absolute atomic E-state index is 9.72. The molecular weight excluding hydrogens is 328 g/mol. The van der Waals surface area contributed by atoms with E-state index in [-0.39, 0.29) is 0 Å². The second-order valence-corrected chi connectivity index (χ2v) is 6.38. The lowest BCUT2D eigenvalue weighted by Crippen LogP contribution is -2.32. The first kappa shape index (κ1) is 18.0. The molecule has 26 heavy (non-hydrogen) atoms. The summed E-state index contributed by atoms with van der Waals surface area (Å²) in [5.74, 6) is 1.57. The van der Waals surface area contributed by atoms with Crippen LogP contribution >= 0.6 is 0 Å². The lowest BCUT2D eigenvalue weighted by atomic mass is 9.91. The first-order valence-corrected chi connectivity index (χ1v) is 8.79. The second kappa shape index (κ2) is 7.63. The van der Waals surface area contributed by atoms with Crippen molar-refractivity contribution in [2.75, 3.05) is 33.0 Å².